The lowest BCUT2D eigenvalue weighted by atomic mass is 9.98. The van der Waals surface area contributed by atoms with Gasteiger partial charge in [-0.2, -0.15) is 5.10 Å². The van der Waals surface area contributed by atoms with Crippen LogP contribution in [0.3, 0.4) is 0 Å². The minimum Gasteiger partial charge on any atom is -0.314 e. The number of piperazine rings is 1. The molecule has 1 aromatic rings. The van der Waals surface area contributed by atoms with E-state index in [0.717, 1.165) is 25.7 Å². The van der Waals surface area contributed by atoms with E-state index in [1.165, 1.54) is 43.1 Å². The quantitative estimate of drug-likeness (QED) is 0.903. The highest BCUT2D eigenvalue weighted by Gasteiger charge is 2.36. The second-order valence-corrected chi connectivity index (χ2v) is 6.47. The Kier molecular flexibility index (Phi) is 4.33. The van der Waals surface area contributed by atoms with Crippen LogP contribution >= 0.6 is 0 Å². The highest BCUT2D eigenvalue weighted by Crippen LogP contribution is 2.31. The van der Waals surface area contributed by atoms with Crippen molar-refractivity contribution < 1.29 is 0 Å². The number of likely N-dealkylation sites (tertiary alicyclic amines) is 1. The van der Waals surface area contributed by atoms with Gasteiger partial charge in [-0.1, -0.05) is 0 Å². The highest BCUT2D eigenvalue weighted by molar-refractivity contribution is 5.28. The second-order valence-electron chi connectivity index (χ2n) is 6.47. The van der Waals surface area contributed by atoms with Gasteiger partial charge in [0.05, 0.1) is 5.69 Å². The molecule has 21 heavy (non-hydrogen) atoms. The van der Waals surface area contributed by atoms with Gasteiger partial charge in [-0.15, -0.1) is 0 Å². The third kappa shape index (κ3) is 2.74. The van der Waals surface area contributed by atoms with Crippen LogP contribution in [-0.4, -0.2) is 64.9 Å². The summed E-state index contributed by atoms with van der Waals surface area (Å²) >= 11 is 0. The third-order valence-electron chi connectivity index (χ3n) is 5.26. The largest absolute Gasteiger partial charge is 0.314 e. The minimum absolute atomic E-state index is 0.490. The number of nitrogens with zero attached hydrogens (tertiary/aromatic N) is 4. The van der Waals surface area contributed by atoms with Crippen molar-refractivity contribution in [3.05, 3.63) is 17.0 Å². The highest BCUT2D eigenvalue weighted by atomic mass is 15.3. The van der Waals surface area contributed by atoms with Gasteiger partial charge in [0.1, 0.15) is 0 Å². The zero-order valence-corrected chi connectivity index (χ0v) is 13.9. The number of rotatable bonds is 4. The fraction of sp³-hybridized carbons (Fsp3) is 0.812. The Morgan fingerprint density at radius 3 is 2.48 bits per heavy atom. The van der Waals surface area contributed by atoms with Gasteiger partial charge < -0.3 is 5.32 Å². The molecule has 5 nitrogen and oxygen atoms in total. The van der Waals surface area contributed by atoms with Gasteiger partial charge >= 0.3 is 0 Å². The second kappa shape index (κ2) is 6.07. The molecular weight excluding hydrogens is 262 g/mol. The summed E-state index contributed by atoms with van der Waals surface area (Å²) in [5, 5.41) is 8.11. The molecule has 0 bridgehead atoms. The summed E-state index contributed by atoms with van der Waals surface area (Å²) in [5.41, 5.74) is 3.98. The molecule has 2 aliphatic rings. The lowest BCUT2D eigenvalue weighted by Crippen LogP contribution is -2.62. The Morgan fingerprint density at radius 2 is 1.90 bits per heavy atom. The predicted octanol–water partition coefficient (Wildman–Crippen LogP) is 1.17. The van der Waals surface area contributed by atoms with Crippen molar-refractivity contribution in [1.82, 2.24) is 24.9 Å². The lowest BCUT2D eigenvalue weighted by Gasteiger charge is -2.49. The molecule has 3 heterocycles. The van der Waals surface area contributed by atoms with E-state index in [-0.39, 0.29) is 0 Å². The zero-order chi connectivity index (χ0) is 15.0. The standard InChI is InChI=1S/C16H29N5/c1-5-21-14(4)16(12(2)18-21)13(3)20-10-15(11-20)19-8-6-17-7-9-19/h13,15,17H,5-11H2,1-4H3. The maximum atomic E-state index is 4.67. The van der Waals surface area contributed by atoms with Gasteiger partial charge in [-0.3, -0.25) is 14.5 Å². The number of hydrogen-bond acceptors (Lipinski definition) is 4. The van der Waals surface area contributed by atoms with Crippen LogP contribution in [0.5, 0.6) is 0 Å². The van der Waals surface area contributed by atoms with E-state index in [1.54, 1.807) is 0 Å². The maximum Gasteiger partial charge on any atom is 0.0644 e. The van der Waals surface area contributed by atoms with Crippen LogP contribution < -0.4 is 5.32 Å². The van der Waals surface area contributed by atoms with Crippen LogP contribution in [-0.2, 0) is 6.54 Å². The number of aryl methyl sites for hydroxylation is 2. The maximum absolute atomic E-state index is 4.67. The molecule has 1 unspecified atom stereocenters. The first-order valence-corrected chi connectivity index (χ1v) is 8.34. The Morgan fingerprint density at radius 1 is 1.24 bits per heavy atom. The molecule has 0 aliphatic carbocycles. The lowest BCUT2D eigenvalue weighted by molar-refractivity contribution is 0.00316. The molecule has 0 amide bonds. The van der Waals surface area contributed by atoms with Crippen LogP contribution in [0.15, 0.2) is 0 Å². The van der Waals surface area contributed by atoms with Crippen LogP contribution in [0.4, 0.5) is 0 Å². The summed E-state index contributed by atoms with van der Waals surface area (Å²) in [6.07, 6.45) is 0. The average molecular weight is 291 g/mol. The number of nitrogens with one attached hydrogen (secondary N) is 1. The fourth-order valence-corrected chi connectivity index (χ4v) is 3.89. The van der Waals surface area contributed by atoms with Crippen molar-refractivity contribution in [2.45, 2.75) is 46.3 Å². The molecule has 0 saturated carbocycles. The predicted molar refractivity (Wildman–Crippen MR) is 85.6 cm³/mol. The van der Waals surface area contributed by atoms with E-state index in [4.69, 9.17) is 0 Å². The van der Waals surface area contributed by atoms with Crippen molar-refractivity contribution in [3.63, 3.8) is 0 Å². The summed E-state index contributed by atoms with van der Waals surface area (Å²) < 4.78 is 2.13. The molecule has 5 heteroatoms. The molecule has 1 aromatic heterocycles. The van der Waals surface area contributed by atoms with Crippen molar-refractivity contribution in [2.24, 2.45) is 0 Å². The Labute approximate surface area is 128 Å². The summed E-state index contributed by atoms with van der Waals surface area (Å²) in [5.74, 6) is 0. The molecule has 2 saturated heterocycles. The fourth-order valence-electron chi connectivity index (χ4n) is 3.89. The van der Waals surface area contributed by atoms with E-state index < -0.39 is 0 Å². The Hall–Kier alpha value is -0.910. The molecule has 1 atom stereocenters. The van der Waals surface area contributed by atoms with Gasteiger partial charge in [0.25, 0.3) is 0 Å². The van der Waals surface area contributed by atoms with Gasteiger partial charge in [-0.25, -0.2) is 0 Å². The van der Waals surface area contributed by atoms with E-state index >= 15 is 0 Å². The Bertz CT molecular complexity index is 483. The van der Waals surface area contributed by atoms with Gasteiger partial charge in [0.15, 0.2) is 0 Å². The molecule has 0 radical (unpaired) electrons. The first kappa shape index (κ1) is 15.0. The molecule has 118 valence electrons. The molecule has 2 aliphatic heterocycles. The van der Waals surface area contributed by atoms with Crippen molar-refractivity contribution >= 4 is 0 Å². The Balaban J connectivity index is 1.62. The van der Waals surface area contributed by atoms with E-state index in [9.17, 15) is 0 Å². The smallest absolute Gasteiger partial charge is 0.0644 e. The van der Waals surface area contributed by atoms with Gasteiger partial charge in [0.2, 0.25) is 0 Å². The van der Waals surface area contributed by atoms with Crippen LogP contribution in [0.25, 0.3) is 0 Å². The summed E-state index contributed by atoms with van der Waals surface area (Å²) in [7, 11) is 0. The van der Waals surface area contributed by atoms with Crippen LogP contribution in [0, 0.1) is 13.8 Å². The van der Waals surface area contributed by atoms with Gasteiger partial charge in [0, 0.05) is 69.2 Å². The molecule has 0 aromatic carbocycles. The normalized spacial score (nSPS) is 23.2. The van der Waals surface area contributed by atoms with Gasteiger partial charge in [-0.05, 0) is 27.7 Å². The topological polar surface area (TPSA) is 36.3 Å². The minimum atomic E-state index is 0.490. The number of aromatic nitrogens is 2. The molecule has 3 rings (SSSR count). The zero-order valence-electron chi connectivity index (χ0n) is 13.9. The van der Waals surface area contributed by atoms with E-state index in [0.29, 0.717) is 6.04 Å². The van der Waals surface area contributed by atoms with Crippen molar-refractivity contribution in [2.75, 3.05) is 39.3 Å². The first-order chi connectivity index (χ1) is 10.1. The van der Waals surface area contributed by atoms with Crippen LogP contribution in [0.2, 0.25) is 0 Å². The van der Waals surface area contributed by atoms with Crippen LogP contribution in [0.1, 0.15) is 36.8 Å². The molecular formula is C16H29N5. The molecule has 1 N–H and O–H groups in total. The molecule has 2 fully saturated rings. The monoisotopic (exact) mass is 291 g/mol. The van der Waals surface area contributed by atoms with Crippen molar-refractivity contribution in [1.29, 1.82) is 0 Å². The van der Waals surface area contributed by atoms with E-state index in [2.05, 4.69) is 52.6 Å². The summed E-state index contributed by atoms with van der Waals surface area (Å²) in [6, 6.07) is 1.25. The summed E-state index contributed by atoms with van der Waals surface area (Å²) in [4.78, 5) is 5.25. The summed E-state index contributed by atoms with van der Waals surface area (Å²) in [6.45, 7) is 16.9. The number of hydrogen-bond donors (Lipinski definition) is 1. The van der Waals surface area contributed by atoms with Crippen molar-refractivity contribution in [3.8, 4) is 0 Å². The SMILES string of the molecule is CCn1nc(C)c(C(C)N2CC(N3CCNCC3)C2)c1C. The van der Waals surface area contributed by atoms with E-state index in [1.807, 2.05) is 0 Å². The third-order valence-corrected chi connectivity index (χ3v) is 5.26. The first-order valence-electron chi connectivity index (χ1n) is 8.34. The molecule has 0 spiro atoms. The average Bonchev–Trinajstić information content (AvgIpc) is 2.72.